The van der Waals surface area contributed by atoms with Crippen LogP contribution in [0.5, 0.6) is 0 Å². The molecule has 0 aromatic heterocycles. The number of nitrogens with one attached hydrogen (secondary N) is 1. The maximum absolute atomic E-state index is 5.58. The normalized spacial score (nSPS) is 21.4. The van der Waals surface area contributed by atoms with E-state index in [1.807, 2.05) is 0 Å². The first-order chi connectivity index (χ1) is 6.60. The Morgan fingerprint density at radius 3 is 2.43 bits per heavy atom. The molecular weight excluding hydrogens is 176 g/mol. The minimum Gasteiger partial charge on any atom is -0.377 e. The standard InChI is InChI=1S/C11H24N2O/c1-11(2,14-3)10(13-12)8-9-6-4-5-7-9/h9-10,13H,4-8,12H2,1-3H3. The van der Waals surface area contributed by atoms with Crippen molar-refractivity contribution >= 4 is 0 Å². The van der Waals surface area contributed by atoms with Crippen LogP contribution in [0.2, 0.25) is 0 Å². The summed E-state index contributed by atoms with van der Waals surface area (Å²) in [6, 6.07) is 0.260. The molecule has 0 heterocycles. The summed E-state index contributed by atoms with van der Waals surface area (Å²) < 4.78 is 5.46. The number of hydrazine groups is 1. The van der Waals surface area contributed by atoms with Gasteiger partial charge >= 0.3 is 0 Å². The summed E-state index contributed by atoms with van der Waals surface area (Å²) in [6.45, 7) is 4.18. The van der Waals surface area contributed by atoms with E-state index in [-0.39, 0.29) is 11.6 Å². The van der Waals surface area contributed by atoms with Crippen molar-refractivity contribution < 1.29 is 4.74 Å². The molecule has 0 amide bonds. The first-order valence-electron chi connectivity index (χ1n) is 5.61. The Morgan fingerprint density at radius 1 is 1.43 bits per heavy atom. The minimum absolute atomic E-state index is 0.169. The van der Waals surface area contributed by atoms with Crippen molar-refractivity contribution in [3.05, 3.63) is 0 Å². The molecule has 14 heavy (non-hydrogen) atoms. The predicted octanol–water partition coefficient (Wildman–Crippen LogP) is 1.82. The van der Waals surface area contributed by atoms with E-state index in [4.69, 9.17) is 10.6 Å². The highest BCUT2D eigenvalue weighted by Gasteiger charge is 2.31. The molecule has 0 bridgehead atoms. The molecule has 0 radical (unpaired) electrons. The highest BCUT2D eigenvalue weighted by molar-refractivity contribution is 4.86. The zero-order valence-electron chi connectivity index (χ0n) is 9.68. The molecule has 1 unspecified atom stereocenters. The maximum atomic E-state index is 5.58. The number of nitrogens with two attached hydrogens (primary N) is 1. The van der Waals surface area contributed by atoms with Crippen LogP contribution in [0.15, 0.2) is 0 Å². The van der Waals surface area contributed by atoms with Crippen molar-refractivity contribution in [2.24, 2.45) is 11.8 Å². The Labute approximate surface area is 87.4 Å². The van der Waals surface area contributed by atoms with E-state index >= 15 is 0 Å². The van der Waals surface area contributed by atoms with Gasteiger partial charge in [-0.25, -0.2) is 0 Å². The van der Waals surface area contributed by atoms with E-state index in [0.29, 0.717) is 0 Å². The van der Waals surface area contributed by atoms with E-state index in [1.54, 1.807) is 7.11 Å². The van der Waals surface area contributed by atoms with Gasteiger partial charge in [0, 0.05) is 13.2 Å². The van der Waals surface area contributed by atoms with Gasteiger partial charge in [-0.15, -0.1) is 0 Å². The predicted molar refractivity (Wildman–Crippen MR) is 58.8 cm³/mol. The maximum Gasteiger partial charge on any atom is 0.0788 e. The highest BCUT2D eigenvalue weighted by Crippen LogP contribution is 2.31. The van der Waals surface area contributed by atoms with Crippen molar-refractivity contribution in [2.45, 2.75) is 57.6 Å². The summed E-state index contributed by atoms with van der Waals surface area (Å²) in [6.07, 6.45) is 6.62. The molecule has 1 aliphatic rings. The van der Waals surface area contributed by atoms with Crippen molar-refractivity contribution in [1.29, 1.82) is 0 Å². The second-order valence-electron chi connectivity index (χ2n) is 4.91. The summed E-state index contributed by atoms with van der Waals surface area (Å²) in [5, 5.41) is 0. The second-order valence-corrected chi connectivity index (χ2v) is 4.91. The number of methoxy groups -OCH3 is 1. The molecule has 84 valence electrons. The molecular formula is C11H24N2O. The van der Waals surface area contributed by atoms with Crippen LogP contribution in [-0.4, -0.2) is 18.8 Å². The largest absolute Gasteiger partial charge is 0.377 e. The zero-order chi connectivity index (χ0) is 10.6. The Balaban J connectivity index is 2.44. The fourth-order valence-electron chi connectivity index (χ4n) is 2.27. The molecule has 1 rings (SSSR count). The van der Waals surface area contributed by atoms with Crippen molar-refractivity contribution in [3.8, 4) is 0 Å². The van der Waals surface area contributed by atoms with E-state index in [2.05, 4.69) is 19.3 Å². The Kier molecular flexibility index (Phi) is 4.35. The molecule has 1 saturated carbocycles. The lowest BCUT2D eigenvalue weighted by molar-refractivity contribution is -0.0167. The molecule has 1 fully saturated rings. The van der Waals surface area contributed by atoms with Crippen LogP contribution in [0, 0.1) is 5.92 Å². The molecule has 3 nitrogen and oxygen atoms in total. The van der Waals surface area contributed by atoms with Crippen LogP contribution in [0.3, 0.4) is 0 Å². The molecule has 0 saturated heterocycles. The van der Waals surface area contributed by atoms with Gasteiger partial charge in [-0.3, -0.25) is 11.3 Å². The van der Waals surface area contributed by atoms with Crippen molar-refractivity contribution in [3.63, 3.8) is 0 Å². The fraction of sp³-hybridized carbons (Fsp3) is 1.00. The van der Waals surface area contributed by atoms with Crippen LogP contribution >= 0.6 is 0 Å². The van der Waals surface area contributed by atoms with E-state index in [9.17, 15) is 0 Å². The smallest absolute Gasteiger partial charge is 0.0788 e. The van der Waals surface area contributed by atoms with Gasteiger partial charge in [0.15, 0.2) is 0 Å². The lowest BCUT2D eigenvalue weighted by Crippen LogP contribution is -2.51. The van der Waals surface area contributed by atoms with Gasteiger partial charge in [-0.2, -0.15) is 0 Å². The summed E-state index contributed by atoms with van der Waals surface area (Å²) >= 11 is 0. The van der Waals surface area contributed by atoms with E-state index in [0.717, 1.165) is 12.3 Å². The summed E-state index contributed by atoms with van der Waals surface area (Å²) in [5.41, 5.74) is 2.73. The minimum atomic E-state index is -0.169. The van der Waals surface area contributed by atoms with E-state index in [1.165, 1.54) is 25.7 Å². The lowest BCUT2D eigenvalue weighted by Gasteiger charge is -2.34. The third kappa shape index (κ3) is 2.94. The van der Waals surface area contributed by atoms with E-state index < -0.39 is 0 Å². The van der Waals surface area contributed by atoms with Gasteiger partial charge in [0.1, 0.15) is 0 Å². The number of hydrogen-bond acceptors (Lipinski definition) is 3. The highest BCUT2D eigenvalue weighted by atomic mass is 16.5. The molecule has 1 atom stereocenters. The zero-order valence-corrected chi connectivity index (χ0v) is 9.68. The van der Waals surface area contributed by atoms with Crippen LogP contribution in [0.1, 0.15) is 46.0 Å². The molecule has 0 aromatic carbocycles. The van der Waals surface area contributed by atoms with Gasteiger partial charge in [-0.05, 0) is 26.2 Å². The SMILES string of the molecule is COC(C)(C)C(CC1CCCC1)NN. The molecule has 1 aliphatic carbocycles. The molecule has 0 aliphatic heterocycles. The van der Waals surface area contributed by atoms with Crippen LogP contribution < -0.4 is 11.3 Å². The summed E-state index contributed by atoms with van der Waals surface area (Å²) in [4.78, 5) is 0. The topological polar surface area (TPSA) is 47.3 Å². The number of rotatable bonds is 5. The van der Waals surface area contributed by atoms with Crippen LogP contribution in [0.25, 0.3) is 0 Å². The molecule has 3 N–H and O–H groups in total. The van der Waals surface area contributed by atoms with Crippen molar-refractivity contribution in [1.82, 2.24) is 5.43 Å². The monoisotopic (exact) mass is 200 g/mol. The fourth-order valence-corrected chi connectivity index (χ4v) is 2.27. The quantitative estimate of drug-likeness (QED) is 0.526. The third-order valence-electron chi connectivity index (χ3n) is 3.61. The first kappa shape index (κ1) is 12.0. The number of hydrogen-bond donors (Lipinski definition) is 2. The van der Waals surface area contributed by atoms with Gasteiger partial charge in [0.2, 0.25) is 0 Å². The Morgan fingerprint density at radius 2 is 2.00 bits per heavy atom. The third-order valence-corrected chi connectivity index (χ3v) is 3.61. The summed E-state index contributed by atoms with van der Waals surface area (Å²) in [7, 11) is 1.75. The van der Waals surface area contributed by atoms with Gasteiger partial charge in [0.05, 0.1) is 5.60 Å². The lowest BCUT2D eigenvalue weighted by atomic mass is 9.89. The van der Waals surface area contributed by atoms with Crippen LogP contribution in [0.4, 0.5) is 0 Å². The molecule has 0 spiro atoms. The van der Waals surface area contributed by atoms with Gasteiger partial charge in [0.25, 0.3) is 0 Å². The van der Waals surface area contributed by atoms with Crippen LogP contribution in [-0.2, 0) is 4.74 Å². The van der Waals surface area contributed by atoms with Crippen molar-refractivity contribution in [2.75, 3.05) is 7.11 Å². The average molecular weight is 200 g/mol. The molecule has 3 heteroatoms. The Hall–Kier alpha value is -0.120. The first-order valence-corrected chi connectivity index (χ1v) is 5.61. The number of ether oxygens (including phenoxy) is 1. The summed E-state index contributed by atoms with van der Waals surface area (Å²) in [5.74, 6) is 6.42. The van der Waals surface area contributed by atoms with Gasteiger partial charge in [-0.1, -0.05) is 25.7 Å². The second kappa shape index (κ2) is 5.10. The molecule has 0 aromatic rings. The average Bonchev–Trinajstić information content (AvgIpc) is 2.66. The van der Waals surface area contributed by atoms with Gasteiger partial charge < -0.3 is 4.74 Å². The Bertz CT molecular complexity index is 165.